The van der Waals surface area contributed by atoms with Crippen LogP contribution in [0.25, 0.3) is 0 Å². The van der Waals surface area contributed by atoms with E-state index in [1.54, 1.807) is 6.07 Å². The lowest BCUT2D eigenvalue weighted by Crippen LogP contribution is -2.43. The van der Waals surface area contributed by atoms with Crippen LogP contribution >= 0.6 is 11.6 Å². The average molecular weight is 299 g/mol. The second-order valence-electron chi connectivity index (χ2n) is 5.71. The lowest BCUT2D eigenvalue weighted by molar-refractivity contribution is -0.121. The van der Waals surface area contributed by atoms with E-state index in [1.807, 2.05) is 0 Å². The molecule has 1 saturated heterocycles. The van der Waals surface area contributed by atoms with E-state index in [4.69, 9.17) is 11.6 Å². The minimum absolute atomic E-state index is 0.0141. The van der Waals surface area contributed by atoms with Crippen molar-refractivity contribution >= 4 is 17.5 Å². The maximum atomic E-state index is 13.6. The maximum Gasteiger partial charge on any atom is 0.224 e. The zero-order valence-corrected chi connectivity index (χ0v) is 12.4. The molecule has 2 N–H and O–H groups in total. The number of halogens is 2. The molecule has 0 aromatic heterocycles. The highest BCUT2D eigenvalue weighted by Crippen LogP contribution is 2.26. The summed E-state index contributed by atoms with van der Waals surface area (Å²) in [5.74, 6) is -0.613. The van der Waals surface area contributed by atoms with Gasteiger partial charge in [0.15, 0.2) is 0 Å². The van der Waals surface area contributed by atoms with Crippen molar-refractivity contribution in [1.29, 1.82) is 0 Å². The maximum absolute atomic E-state index is 13.6. The monoisotopic (exact) mass is 298 g/mol. The largest absolute Gasteiger partial charge is 0.355 e. The SMILES string of the molecule is CC1(CNC(=O)Cc2c(F)cccc2Cl)CCNCC1. The van der Waals surface area contributed by atoms with Crippen LogP contribution in [0.1, 0.15) is 25.3 Å². The molecule has 1 aromatic carbocycles. The molecule has 110 valence electrons. The highest BCUT2D eigenvalue weighted by molar-refractivity contribution is 6.31. The predicted molar refractivity (Wildman–Crippen MR) is 78.3 cm³/mol. The zero-order chi connectivity index (χ0) is 14.6. The summed E-state index contributed by atoms with van der Waals surface area (Å²) in [5.41, 5.74) is 0.391. The number of nitrogens with one attached hydrogen (secondary N) is 2. The number of amides is 1. The van der Waals surface area contributed by atoms with Gasteiger partial charge in [-0.25, -0.2) is 4.39 Å². The fourth-order valence-corrected chi connectivity index (χ4v) is 2.67. The van der Waals surface area contributed by atoms with Gasteiger partial charge in [-0.05, 0) is 43.5 Å². The Morgan fingerprint density at radius 3 is 2.80 bits per heavy atom. The smallest absolute Gasteiger partial charge is 0.224 e. The van der Waals surface area contributed by atoms with Gasteiger partial charge in [-0.2, -0.15) is 0 Å². The third kappa shape index (κ3) is 3.93. The van der Waals surface area contributed by atoms with E-state index in [9.17, 15) is 9.18 Å². The lowest BCUT2D eigenvalue weighted by atomic mass is 9.81. The third-order valence-corrected chi connectivity index (χ3v) is 4.28. The van der Waals surface area contributed by atoms with E-state index < -0.39 is 5.82 Å². The summed E-state index contributed by atoms with van der Waals surface area (Å²) in [6, 6.07) is 4.46. The van der Waals surface area contributed by atoms with E-state index in [0.717, 1.165) is 25.9 Å². The highest BCUT2D eigenvalue weighted by Gasteiger charge is 2.27. The first-order valence-electron chi connectivity index (χ1n) is 6.90. The Labute approximate surface area is 123 Å². The van der Waals surface area contributed by atoms with Gasteiger partial charge in [0.1, 0.15) is 5.82 Å². The lowest BCUT2D eigenvalue weighted by Gasteiger charge is -2.34. The number of benzene rings is 1. The molecule has 0 aliphatic carbocycles. The van der Waals surface area contributed by atoms with E-state index in [1.165, 1.54) is 12.1 Å². The molecule has 0 bridgehead atoms. The van der Waals surface area contributed by atoms with E-state index >= 15 is 0 Å². The molecule has 0 atom stereocenters. The van der Waals surface area contributed by atoms with Gasteiger partial charge < -0.3 is 10.6 Å². The van der Waals surface area contributed by atoms with Crippen LogP contribution in [0.15, 0.2) is 18.2 Å². The summed E-state index contributed by atoms with van der Waals surface area (Å²) in [4.78, 5) is 11.9. The van der Waals surface area contributed by atoms with Gasteiger partial charge in [0.2, 0.25) is 5.91 Å². The van der Waals surface area contributed by atoms with Gasteiger partial charge in [0, 0.05) is 17.1 Å². The van der Waals surface area contributed by atoms with Crippen LogP contribution in [-0.2, 0) is 11.2 Å². The van der Waals surface area contributed by atoms with Crippen molar-refractivity contribution < 1.29 is 9.18 Å². The molecule has 1 amide bonds. The van der Waals surface area contributed by atoms with Crippen LogP contribution in [0.2, 0.25) is 5.02 Å². The Kier molecular flexibility index (Phi) is 5.00. The summed E-state index contributed by atoms with van der Waals surface area (Å²) < 4.78 is 13.6. The molecule has 0 saturated carbocycles. The molecule has 20 heavy (non-hydrogen) atoms. The second-order valence-corrected chi connectivity index (χ2v) is 6.12. The Hall–Kier alpha value is -1.13. The van der Waals surface area contributed by atoms with Crippen molar-refractivity contribution in [2.45, 2.75) is 26.2 Å². The fourth-order valence-electron chi connectivity index (χ4n) is 2.44. The van der Waals surface area contributed by atoms with Gasteiger partial charge in [-0.3, -0.25) is 4.79 Å². The van der Waals surface area contributed by atoms with Crippen LogP contribution < -0.4 is 10.6 Å². The predicted octanol–water partition coefficient (Wildman–Crippen LogP) is 2.53. The van der Waals surface area contributed by atoms with Gasteiger partial charge in [-0.1, -0.05) is 24.6 Å². The molecule has 1 aromatic rings. The number of carbonyl (C=O) groups is 1. The number of hydrogen-bond acceptors (Lipinski definition) is 2. The van der Waals surface area contributed by atoms with Gasteiger partial charge in [0.25, 0.3) is 0 Å². The van der Waals surface area contributed by atoms with E-state index in [-0.39, 0.29) is 23.3 Å². The number of rotatable bonds is 4. The Bertz CT molecular complexity index is 467. The highest BCUT2D eigenvalue weighted by atomic mass is 35.5. The van der Waals surface area contributed by atoms with Gasteiger partial charge >= 0.3 is 0 Å². The van der Waals surface area contributed by atoms with Crippen molar-refractivity contribution in [2.75, 3.05) is 19.6 Å². The van der Waals surface area contributed by atoms with Crippen molar-refractivity contribution in [1.82, 2.24) is 10.6 Å². The van der Waals surface area contributed by atoms with Crippen molar-refractivity contribution in [3.8, 4) is 0 Å². The van der Waals surface area contributed by atoms with E-state index in [0.29, 0.717) is 11.6 Å². The van der Waals surface area contributed by atoms with Crippen molar-refractivity contribution in [3.05, 3.63) is 34.6 Å². The van der Waals surface area contributed by atoms with E-state index in [2.05, 4.69) is 17.6 Å². The first-order chi connectivity index (χ1) is 9.50. The molecular formula is C15H20ClFN2O. The molecule has 1 aliphatic rings. The Morgan fingerprint density at radius 1 is 1.45 bits per heavy atom. The zero-order valence-electron chi connectivity index (χ0n) is 11.6. The van der Waals surface area contributed by atoms with Gasteiger partial charge in [-0.15, -0.1) is 0 Å². The number of hydrogen-bond donors (Lipinski definition) is 2. The molecule has 5 heteroatoms. The molecule has 1 fully saturated rings. The normalized spacial score (nSPS) is 17.8. The second kappa shape index (κ2) is 6.55. The number of piperidine rings is 1. The minimum atomic E-state index is -0.430. The van der Waals surface area contributed by atoms with Crippen molar-refractivity contribution in [2.24, 2.45) is 5.41 Å². The fraction of sp³-hybridized carbons (Fsp3) is 0.533. The first kappa shape index (κ1) is 15.3. The molecule has 3 nitrogen and oxygen atoms in total. The molecular weight excluding hydrogens is 279 g/mol. The molecule has 0 unspecified atom stereocenters. The minimum Gasteiger partial charge on any atom is -0.355 e. The van der Waals surface area contributed by atoms with Crippen LogP contribution in [0.4, 0.5) is 4.39 Å². The van der Waals surface area contributed by atoms with Crippen LogP contribution in [0, 0.1) is 11.2 Å². The third-order valence-electron chi connectivity index (χ3n) is 3.92. The van der Waals surface area contributed by atoms with Crippen LogP contribution in [0.5, 0.6) is 0 Å². The van der Waals surface area contributed by atoms with Gasteiger partial charge in [0.05, 0.1) is 6.42 Å². The van der Waals surface area contributed by atoms with Crippen LogP contribution in [0.3, 0.4) is 0 Å². The average Bonchev–Trinajstić information content (AvgIpc) is 2.42. The quantitative estimate of drug-likeness (QED) is 0.897. The molecule has 0 radical (unpaired) electrons. The van der Waals surface area contributed by atoms with Crippen molar-refractivity contribution in [3.63, 3.8) is 0 Å². The standard InChI is InChI=1S/C15H20ClFN2O/c1-15(5-7-18-8-6-15)10-19-14(20)9-11-12(16)3-2-4-13(11)17/h2-4,18H,5-10H2,1H3,(H,19,20). The summed E-state index contributed by atoms with van der Waals surface area (Å²) in [5, 5.41) is 6.51. The summed E-state index contributed by atoms with van der Waals surface area (Å²) in [6.45, 7) is 4.75. The topological polar surface area (TPSA) is 41.1 Å². The number of carbonyl (C=O) groups excluding carboxylic acids is 1. The summed E-state index contributed by atoms with van der Waals surface area (Å²) >= 11 is 5.92. The molecule has 2 rings (SSSR count). The summed E-state index contributed by atoms with van der Waals surface area (Å²) in [6.07, 6.45) is 2.06. The Morgan fingerprint density at radius 2 is 2.15 bits per heavy atom. The Balaban J connectivity index is 1.89. The molecule has 0 spiro atoms. The summed E-state index contributed by atoms with van der Waals surface area (Å²) in [7, 11) is 0. The molecule has 1 heterocycles. The first-order valence-corrected chi connectivity index (χ1v) is 7.28. The molecule has 1 aliphatic heterocycles. The van der Waals surface area contributed by atoms with Crippen LogP contribution in [-0.4, -0.2) is 25.5 Å².